The maximum Gasteiger partial charge on any atom is 0.115 e. The van der Waals surface area contributed by atoms with Gasteiger partial charge < -0.3 is 10.8 Å². The van der Waals surface area contributed by atoms with Gasteiger partial charge in [-0.1, -0.05) is 18.6 Å². The summed E-state index contributed by atoms with van der Waals surface area (Å²) in [6.45, 7) is 2.50. The lowest BCUT2D eigenvalue weighted by Gasteiger charge is -2.06. The third kappa shape index (κ3) is 2.29. The Balaban J connectivity index is 2.43. The Hall–Kier alpha value is -1.88. The number of rotatable bonds is 4. The smallest absolute Gasteiger partial charge is 0.115 e. The fourth-order valence-corrected chi connectivity index (χ4v) is 1.78. The van der Waals surface area contributed by atoms with Crippen molar-refractivity contribution in [2.45, 2.75) is 26.3 Å². The van der Waals surface area contributed by atoms with E-state index < -0.39 is 0 Å². The molecule has 0 bridgehead atoms. The van der Waals surface area contributed by atoms with Gasteiger partial charge in [0.25, 0.3) is 0 Å². The summed E-state index contributed by atoms with van der Waals surface area (Å²) in [7, 11) is 0. The first kappa shape index (κ1) is 11.6. The van der Waals surface area contributed by atoms with Crippen LogP contribution in [0.2, 0.25) is 0 Å². The summed E-state index contributed by atoms with van der Waals surface area (Å²) in [5, 5.41) is 17.5. The van der Waals surface area contributed by atoms with E-state index in [1.807, 2.05) is 12.1 Å². The molecular weight excluding hydrogens is 216 g/mol. The van der Waals surface area contributed by atoms with Gasteiger partial charge >= 0.3 is 0 Å². The summed E-state index contributed by atoms with van der Waals surface area (Å²) in [6, 6.07) is 6.89. The molecular formula is C12H16N4O. The Morgan fingerprint density at radius 1 is 1.29 bits per heavy atom. The molecule has 2 aromatic rings. The summed E-state index contributed by atoms with van der Waals surface area (Å²) in [5.41, 5.74) is 8.40. The van der Waals surface area contributed by atoms with Gasteiger partial charge in [-0.15, -0.1) is 5.10 Å². The highest BCUT2D eigenvalue weighted by Gasteiger charge is 2.11. The monoisotopic (exact) mass is 232 g/mol. The first-order valence-electron chi connectivity index (χ1n) is 5.69. The molecule has 0 atom stereocenters. The summed E-state index contributed by atoms with van der Waals surface area (Å²) in [5.74, 6) is 0.241. The Bertz CT molecular complexity index is 490. The van der Waals surface area contributed by atoms with Crippen molar-refractivity contribution in [2.75, 3.05) is 0 Å². The van der Waals surface area contributed by atoms with Crippen molar-refractivity contribution in [3.05, 3.63) is 35.7 Å². The molecule has 5 heteroatoms. The molecule has 0 aliphatic heterocycles. The molecule has 1 aromatic carbocycles. The molecule has 0 spiro atoms. The topological polar surface area (TPSA) is 77.0 Å². The Morgan fingerprint density at radius 3 is 2.59 bits per heavy atom. The van der Waals surface area contributed by atoms with Gasteiger partial charge in [0, 0.05) is 6.54 Å². The number of nitrogens with zero attached hydrogens (tertiary/aromatic N) is 3. The Kier molecular flexibility index (Phi) is 3.39. The number of phenolic OH excluding ortho intramolecular Hbond substituents is 1. The molecule has 0 saturated carbocycles. The van der Waals surface area contributed by atoms with E-state index in [1.54, 1.807) is 16.8 Å². The molecule has 0 radical (unpaired) electrons. The van der Waals surface area contributed by atoms with E-state index in [0.717, 1.165) is 29.9 Å². The third-order valence-corrected chi connectivity index (χ3v) is 2.62. The second-order valence-electron chi connectivity index (χ2n) is 3.87. The molecule has 0 aliphatic carbocycles. The first-order chi connectivity index (χ1) is 8.26. The normalized spacial score (nSPS) is 10.7. The number of aromatic nitrogens is 3. The summed E-state index contributed by atoms with van der Waals surface area (Å²) in [6.07, 6.45) is 1.90. The number of hydrogen-bond acceptors (Lipinski definition) is 4. The van der Waals surface area contributed by atoms with E-state index in [9.17, 15) is 5.11 Å². The quantitative estimate of drug-likeness (QED) is 0.835. The molecule has 90 valence electrons. The Morgan fingerprint density at radius 2 is 2.00 bits per heavy atom. The molecule has 0 amide bonds. The van der Waals surface area contributed by atoms with Crippen molar-refractivity contribution in [3.8, 4) is 11.4 Å². The highest BCUT2D eigenvalue weighted by Crippen LogP contribution is 2.17. The average molecular weight is 232 g/mol. The molecule has 0 unspecified atom stereocenters. The van der Waals surface area contributed by atoms with E-state index in [-0.39, 0.29) is 5.75 Å². The van der Waals surface area contributed by atoms with Crippen molar-refractivity contribution in [2.24, 2.45) is 5.73 Å². The third-order valence-electron chi connectivity index (χ3n) is 2.62. The summed E-state index contributed by atoms with van der Waals surface area (Å²) >= 11 is 0. The zero-order valence-electron chi connectivity index (χ0n) is 9.80. The van der Waals surface area contributed by atoms with Crippen LogP contribution in [0.15, 0.2) is 24.3 Å². The van der Waals surface area contributed by atoms with Gasteiger partial charge in [0.05, 0.1) is 17.1 Å². The first-order valence-corrected chi connectivity index (χ1v) is 5.69. The van der Waals surface area contributed by atoms with Crippen LogP contribution in [-0.2, 0) is 13.0 Å². The van der Waals surface area contributed by atoms with Gasteiger partial charge in [-0.25, -0.2) is 4.68 Å². The highest BCUT2D eigenvalue weighted by atomic mass is 16.3. The van der Waals surface area contributed by atoms with Gasteiger partial charge in [-0.2, -0.15) is 0 Å². The maximum absolute atomic E-state index is 9.26. The van der Waals surface area contributed by atoms with E-state index in [0.29, 0.717) is 6.54 Å². The zero-order valence-corrected chi connectivity index (χ0v) is 9.80. The second-order valence-corrected chi connectivity index (χ2v) is 3.87. The van der Waals surface area contributed by atoms with Crippen LogP contribution in [0.4, 0.5) is 0 Å². The van der Waals surface area contributed by atoms with Crippen LogP contribution in [0.3, 0.4) is 0 Å². The van der Waals surface area contributed by atoms with E-state index >= 15 is 0 Å². The number of benzene rings is 1. The standard InChI is InChI=1S/C12H16N4O/c1-2-3-12-11(8-13)14-15-16(12)9-4-6-10(17)7-5-9/h4-7,17H,2-3,8,13H2,1H3. The van der Waals surface area contributed by atoms with Crippen LogP contribution in [0.1, 0.15) is 24.7 Å². The molecule has 2 rings (SSSR count). The zero-order chi connectivity index (χ0) is 12.3. The lowest BCUT2D eigenvalue weighted by atomic mass is 10.2. The van der Waals surface area contributed by atoms with Crippen LogP contribution in [0, 0.1) is 0 Å². The predicted octanol–water partition coefficient (Wildman–Crippen LogP) is 1.38. The van der Waals surface area contributed by atoms with E-state index in [2.05, 4.69) is 17.2 Å². The van der Waals surface area contributed by atoms with Crippen molar-refractivity contribution < 1.29 is 5.11 Å². The molecule has 0 saturated heterocycles. The highest BCUT2D eigenvalue weighted by molar-refractivity contribution is 5.37. The van der Waals surface area contributed by atoms with Crippen LogP contribution in [-0.4, -0.2) is 20.1 Å². The summed E-state index contributed by atoms with van der Waals surface area (Å²) < 4.78 is 1.78. The van der Waals surface area contributed by atoms with Crippen molar-refractivity contribution in [1.29, 1.82) is 0 Å². The molecule has 17 heavy (non-hydrogen) atoms. The van der Waals surface area contributed by atoms with Gasteiger partial charge in [0.1, 0.15) is 5.75 Å². The number of nitrogens with two attached hydrogens (primary N) is 1. The minimum absolute atomic E-state index is 0.241. The van der Waals surface area contributed by atoms with Crippen LogP contribution in [0.5, 0.6) is 5.75 Å². The van der Waals surface area contributed by atoms with Crippen LogP contribution >= 0.6 is 0 Å². The van der Waals surface area contributed by atoms with Crippen molar-refractivity contribution in [3.63, 3.8) is 0 Å². The number of hydrogen-bond donors (Lipinski definition) is 2. The minimum Gasteiger partial charge on any atom is -0.508 e. The minimum atomic E-state index is 0.241. The van der Waals surface area contributed by atoms with Gasteiger partial charge in [-0.3, -0.25) is 0 Å². The largest absolute Gasteiger partial charge is 0.508 e. The van der Waals surface area contributed by atoms with Gasteiger partial charge in [-0.05, 0) is 30.7 Å². The Labute approximate surface area is 99.9 Å². The van der Waals surface area contributed by atoms with Crippen molar-refractivity contribution in [1.82, 2.24) is 15.0 Å². The molecule has 0 aliphatic rings. The van der Waals surface area contributed by atoms with Gasteiger partial charge in [0.2, 0.25) is 0 Å². The van der Waals surface area contributed by atoms with Crippen LogP contribution < -0.4 is 5.73 Å². The lowest BCUT2D eigenvalue weighted by molar-refractivity contribution is 0.475. The number of aromatic hydroxyl groups is 1. The van der Waals surface area contributed by atoms with Crippen LogP contribution in [0.25, 0.3) is 5.69 Å². The fourth-order valence-electron chi connectivity index (χ4n) is 1.78. The van der Waals surface area contributed by atoms with Crippen molar-refractivity contribution >= 4 is 0 Å². The van der Waals surface area contributed by atoms with Gasteiger partial charge in [0.15, 0.2) is 0 Å². The maximum atomic E-state index is 9.26. The molecule has 3 N–H and O–H groups in total. The number of phenols is 1. The van der Waals surface area contributed by atoms with E-state index in [1.165, 1.54) is 0 Å². The summed E-state index contributed by atoms with van der Waals surface area (Å²) in [4.78, 5) is 0. The molecule has 0 fully saturated rings. The molecule has 1 aromatic heterocycles. The SMILES string of the molecule is CCCc1c(CN)nnn1-c1ccc(O)cc1. The predicted molar refractivity (Wildman–Crippen MR) is 64.9 cm³/mol. The van der Waals surface area contributed by atoms with E-state index in [4.69, 9.17) is 5.73 Å². The molecule has 5 nitrogen and oxygen atoms in total. The molecule has 1 heterocycles. The lowest BCUT2D eigenvalue weighted by Crippen LogP contribution is -2.05. The second kappa shape index (κ2) is 4.97. The fraction of sp³-hybridized carbons (Fsp3) is 0.333. The average Bonchev–Trinajstić information content (AvgIpc) is 2.74.